The van der Waals surface area contributed by atoms with E-state index in [1.807, 2.05) is 18.2 Å². The van der Waals surface area contributed by atoms with E-state index in [9.17, 15) is 4.79 Å². The van der Waals surface area contributed by atoms with E-state index in [2.05, 4.69) is 9.97 Å². The van der Waals surface area contributed by atoms with Gasteiger partial charge in [-0.3, -0.25) is 4.79 Å². The van der Waals surface area contributed by atoms with E-state index in [1.54, 1.807) is 6.07 Å². The van der Waals surface area contributed by atoms with Crippen molar-refractivity contribution in [3.8, 4) is 0 Å². The minimum atomic E-state index is -0.352. The molecule has 0 aliphatic heterocycles. The Balaban J connectivity index is 2.62. The predicted octanol–water partition coefficient (Wildman–Crippen LogP) is 0.439. The summed E-state index contributed by atoms with van der Waals surface area (Å²) in [4.78, 5) is 19.2. The quantitative estimate of drug-likeness (QED) is 0.410. The van der Waals surface area contributed by atoms with Gasteiger partial charge in [0.25, 0.3) is 0 Å². The van der Waals surface area contributed by atoms with Crippen LogP contribution in [0.3, 0.4) is 0 Å². The minimum Gasteiger partial charge on any atom is -0.383 e. The molecule has 1 aromatic carbocycles. The zero-order valence-corrected chi connectivity index (χ0v) is 8.71. The molecule has 0 bridgehead atoms. The lowest BCUT2D eigenvalue weighted by atomic mass is 10.2. The predicted molar refractivity (Wildman–Crippen MR) is 61.3 cm³/mol. The molecule has 0 saturated carbocycles. The Hall–Kier alpha value is -2.21. The molecule has 2 aromatic rings. The molecule has 0 unspecified atom stereocenters. The van der Waals surface area contributed by atoms with Crippen LogP contribution < -0.4 is 16.6 Å². The van der Waals surface area contributed by atoms with E-state index < -0.39 is 0 Å². The van der Waals surface area contributed by atoms with E-state index in [0.29, 0.717) is 11.3 Å². The van der Waals surface area contributed by atoms with Crippen molar-refractivity contribution in [2.45, 2.75) is 6.92 Å². The van der Waals surface area contributed by atoms with Gasteiger partial charge in [-0.1, -0.05) is 12.1 Å². The van der Waals surface area contributed by atoms with E-state index in [1.165, 1.54) is 6.92 Å². The fraction of sp³-hybridized carbons (Fsp3) is 0.100. The molecule has 6 heteroatoms. The Bertz CT molecular complexity index is 554. The van der Waals surface area contributed by atoms with Gasteiger partial charge < -0.3 is 5.73 Å². The maximum Gasteiger partial charge on any atom is 0.249 e. The number of carbonyl (C=O) groups excluding carboxylic acids is 1. The summed E-state index contributed by atoms with van der Waals surface area (Å²) in [6.07, 6.45) is 0. The third-order valence-corrected chi connectivity index (χ3v) is 2.18. The fourth-order valence-corrected chi connectivity index (χ4v) is 1.34. The third-order valence-electron chi connectivity index (χ3n) is 2.18. The second-order valence-electron chi connectivity index (χ2n) is 3.32. The molecule has 2 rings (SSSR count). The summed E-state index contributed by atoms with van der Waals surface area (Å²) in [6, 6.07) is 7.26. The van der Waals surface area contributed by atoms with E-state index in [-0.39, 0.29) is 11.9 Å². The maximum absolute atomic E-state index is 11.1. The fourth-order valence-electron chi connectivity index (χ4n) is 1.34. The van der Waals surface area contributed by atoms with Crippen molar-refractivity contribution in [3.63, 3.8) is 0 Å². The molecule has 1 aromatic heterocycles. The summed E-state index contributed by atoms with van der Waals surface area (Å²) in [6.45, 7) is 1.33. The molecule has 4 N–H and O–H groups in total. The number of hydrogen-bond donors (Lipinski definition) is 2. The normalized spacial score (nSPS) is 10.4. The van der Waals surface area contributed by atoms with Gasteiger partial charge in [0.15, 0.2) is 0 Å². The Morgan fingerprint density at radius 3 is 2.69 bits per heavy atom. The number of amides is 1. The number of rotatable bonds is 1. The molecular formula is C10H11N5O. The Kier molecular flexibility index (Phi) is 2.41. The van der Waals surface area contributed by atoms with Crippen LogP contribution in [-0.4, -0.2) is 15.9 Å². The number of benzene rings is 1. The first-order valence-electron chi connectivity index (χ1n) is 4.67. The Morgan fingerprint density at radius 1 is 1.31 bits per heavy atom. The first-order valence-corrected chi connectivity index (χ1v) is 4.67. The van der Waals surface area contributed by atoms with Gasteiger partial charge in [-0.05, 0) is 12.1 Å². The van der Waals surface area contributed by atoms with Gasteiger partial charge in [-0.25, -0.2) is 15.8 Å². The van der Waals surface area contributed by atoms with Gasteiger partial charge in [0.1, 0.15) is 5.82 Å². The van der Waals surface area contributed by atoms with Gasteiger partial charge >= 0.3 is 0 Å². The standard InChI is InChI=1S/C10H11N5O/c1-6(16)15(12)10-13-8-5-3-2-4-7(8)9(11)14-10/h2-5H,12H2,1H3,(H2,11,13,14). The number of anilines is 2. The van der Waals surface area contributed by atoms with E-state index in [0.717, 1.165) is 10.4 Å². The maximum atomic E-state index is 11.1. The summed E-state index contributed by atoms with van der Waals surface area (Å²) in [5, 5.41) is 1.60. The minimum absolute atomic E-state index is 0.101. The molecule has 0 atom stereocenters. The first-order chi connectivity index (χ1) is 7.59. The number of nitrogen functional groups attached to an aromatic ring is 1. The Labute approximate surface area is 91.9 Å². The van der Waals surface area contributed by atoms with Crippen molar-refractivity contribution in [2.75, 3.05) is 10.7 Å². The van der Waals surface area contributed by atoms with Crippen LogP contribution >= 0.6 is 0 Å². The summed E-state index contributed by atoms with van der Waals surface area (Å²) in [5.74, 6) is 5.55. The molecule has 6 nitrogen and oxygen atoms in total. The van der Waals surface area contributed by atoms with Gasteiger partial charge in [0.05, 0.1) is 5.52 Å². The number of nitrogens with zero attached hydrogens (tertiary/aromatic N) is 3. The highest BCUT2D eigenvalue weighted by Crippen LogP contribution is 2.19. The number of hydrogen-bond acceptors (Lipinski definition) is 5. The molecule has 1 heterocycles. The summed E-state index contributed by atoms with van der Waals surface area (Å²) in [5.41, 5.74) is 6.40. The van der Waals surface area contributed by atoms with Crippen LogP contribution in [0, 0.1) is 0 Å². The second kappa shape index (κ2) is 3.74. The van der Waals surface area contributed by atoms with Crippen LogP contribution in [0.1, 0.15) is 6.92 Å². The van der Waals surface area contributed by atoms with E-state index >= 15 is 0 Å². The van der Waals surface area contributed by atoms with Gasteiger partial charge in [-0.15, -0.1) is 0 Å². The average Bonchev–Trinajstić information content (AvgIpc) is 2.28. The van der Waals surface area contributed by atoms with Crippen molar-refractivity contribution in [1.29, 1.82) is 0 Å². The SMILES string of the molecule is CC(=O)N(N)c1nc(N)c2ccccc2n1. The zero-order valence-electron chi connectivity index (χ0n) is 8.71. The monoisotopic (exact) mass is 217 g/mol. The van der Waals surface area contributed by atoms with Crippen molar-refractivity contribution in [3.05, 3.63) is 24.3 Å². The largest absolute Gasteiger partial charge is 0.383 e. The summed E-state index contributed by atoms with van der Waals surface area (Å²) >= 11 is 0. The number of aromatic nitrogens is 2. The van der Waals surface area contributed by atoms with Crippen molar-refractivity contribution >= 4 is 28.6 Å². The van der Waals surface area contributed by atoms with Crippen molar-refractivity contribution in [1.82, 2.24) is 9.97 Å². The lowest BCUT2D eigenvalue weighted by molar-refractivity contribution is -0.116. The molecule has 1 amide bonds. The smallest absolute Gasteiger partial charge is 0.249 e. The third kappa shape index (κ3) is 1.66. The molecular weight excluding hydrogens is 206 g/mol. The molecule has 0 aliphatic rings. The average molecular weight is 217 g/mol. The summed E-state index contributed by atoms with van der Waals surface area (Å²) < 4.78 is 0. The molecule has 0 saturated heterocycles. The van der Waals surface area contributed by atoms with Crippen LogP contribution in [0.4, 0.5) is 11.8 Å². The van der Waals surface area contributed by atoms with Crippen LogP contribution in [0.5, 0.6) is 0 Å². The molecule has 0 radical (unpaired) electrons. The van der Waals surface area contributed by atoms with E-state index in [4.69, 9.17) is 11.6 Å². The van der Waals surface area contributed by atoms with Crippen LogP contribution in [0.2, 0.25) is 0 Å². The molecule has 0 aliphatic carbocycles. The molecule has 0 fully saturated rings. The van der Waals surface area contributed by atoms with Crippen molar-refractivity contribution < 1.29 is 4.79 Å². The topological polar surface area (TPSA) is 98.1 Å². The molecule has 16 heavy (non-hydrogen) atoms. The number of para-hydroxylation sites is 1. The summed E-state index contributed by atoms with van der Waals surface area (Å²) in [7, 11) is 0. The number of nitrogens with two attached hydrogens (primary N) is 2. The lowest BCUT2D eigenvalue weighted by Gasteiger charge is -2.13. The zero-order chi connectivity index (χ0) is 11.7. The molecule has 82 valence electrons. The van der Waals surface area contributed by atoms with Gasteiger partial charge in [0, 0.05) is 12.3 Å². The van der Waals surface area contributed by atoms with Crippen LogP contribution in [-0.2, 0) is 4.79 Å². The lowest BCUT2D eigenvalue weighted by Crippen LogP contribution is -2.37. The number of carbonyl (C=O) groups is 1. The van der Waals surface area contributed by atoms with Crippen molar-refractivity contribution in [2.24, 2.45) is 5.84 Å². The van der Waals surface area contributed by atoms with Gasteiger partial charge in [-0.2, -0.15) is 4.98 Å². The highest BCUT2D eigenvalue weighted by Gasteiger charge is 2.12. The highest BCUT2D eigenvalue weighted by atomic mass is 16.2. The second-order valence-corrected chi connectivity index (χ2v) is 3.32. The number of fused-ring (bicyclic) bond motifs is 1. The van der Waals surface area contributed by atoms with Gasteiger partial charge in [0.2, 0.25) is 11.9 Å². The first kappa shape index (κ1) is 10.3. The molecule has 0 spiro atoms. The highest BCUT2D eigenvalue weighted by molar-refractivity contribution is 5.92. The Morgan fingerprint density at radius 2 is 2.00 bits per heavy atom. The number of hydrazine groups is 1. The van der Waals surface area contributed by atoms with Crippen LogP contribution in [0.25, 0.3) is 10.9 Å². The van der Waals surface area contributed by atoms with Crippen LogP contribution in [0.15, 0.2) is 24.3 Å².